The third kappa shape index (κ3) is 2.26. The molecule has 1 atom stereocenters. The van der Waals surface area contributed by atoms with Gasteiger partial charge in [0.2, 0.25) is 5.75 Å². The fraction of sp³-hybridized carbons (Fsp3) is 0.364. The summed E-state index contributed by atoms with van der Waals surface area (Å²) in [5, 5.41) is 28.4. The van der Waals surface area contributed by atoms with E-state index in [1.54, 1.807) is 0 Å². The molecule has 3 N–H and O–H groups in total. The van der Waals surface area contributed by atoms with Crippen LogP contribution < -0.4 is 9.47 Å². The quantitative estimate of drug-likeness (QED) is 0.733. The summed E-state index contributed by atoms with van der Waals surface area (Å²) in [6.45, 7) is 1.39. The average Bonchev–Trinajstić information content (AvgIpc) is 2.27. The number of carboxylic acid groups (broad SMARTS) is 1. The lowest BCUT2D eigenvalue weighted by atomic mass is 10.0. The lowest BCUT2D eigenvalue weighted by Gasteiger charge is -2.17. The maximum absolute atomic E-state index is 11.1. The zero-order valence-electron chi connectivity index (χ0n) is 9.72. The van der Waals surface area contributed by atoms with Gasteiger partial charge in [0.15, 0.2) is 11.5 Å². The number of aliphatic hydroxyl groups is 1. The molecule has 0 saturated carbocycles. The van der Waals surface area contributed by atoms with Crippen molar-refractivity contribution in [1.82, 2.24) is 0 Å². The normalized spacial score (nSPS) is 12.0. The molecule has 0 aliphatic carbocycles. The number of aromatic carboxylic acids is 1. The van der Waals surface area contributed by atoms with E-state index < -0.39 is 12.1 Å². The molecule has 0 amide bonds. The Bertz CT molecular complexity index is 438. The molecule has 0 fully saturated rings. The van der Waals surface area contributed by atoms with Crippen LogP contribution in [-0.2, 0) is 0 Å². The Hall–Kier alpha value is -1.95. The topological polar surface area (TPSA) is 96.2 Å². The molecule has 0 heterocycles. The zero-order valence-corrected chi connectivity index (χ0v) is 9.72. The molecule has 0 aromatic heterocycles. The fourth-order valence-electron chi connectivity index (χ4n) is 1.59. The van der Waals surface area contributed by atoms with Crippen LogP contribution in [0.15, 0.2) is 6.07 Å². The summed E-state index contributed by atoms with van der Waals surface area (Å²) in [4.78, 5) is 11.1. The number of phenolic OH excluding ortho intramolecular Hbond substituents is 1. The minimum Gasteiger partial charge on any atom is -0.502 e. The maximum atomic E-state index is 11.1. The van der Waals surface area contributed by atoms with Gasteiger partial charge in [-0.3, -0.25) is 0 Å². The second-order valence-electron chi connectivity index (χ2n) is 3.40. The number of ether oxygens (including phenoxy) is 2. The number of benzene rings is 1. The molecular formula is C11H14O6. The molecule has 6 nitrogen and oxygen atoms in total. The smallest absolute Gasteiger partial charge is 0.336 e. The van der Waals surface area contributed by atoms with Crippen molar-refractivity contribution in [3.8, 4) is 17.2 Å². The van der Waals surface area contributed by atoms with E-state index in [0.29, 0.717) is 0 Å². The summed E-state index contributed by atoms with van der Waals surface area (Å²) in [7, 11) is 2.56. The molecule has 0 aliphatic heterocycles. The van der Waals surface area contributed by atoms with Crippen LogP contribution in [0.3, 0.4) is 0 Å². The number of hydrogen-bond donors (Lipinski definition) is 3. The van der Waals surface area contributed by atoms with Gasteiger partial charge in [-0.1, -0.05) is 0 Å². The van der Waals surface area contributed by atoms with Crippen molar-refractivity contribution in [3.05, 3.63) is 17.2 Å². The van der Waals surface area contributed by atoms with Crippen LogP contribution in [0.25, 0.3) is 0 Å². The predicted molar refractivity (Wildman–Crippen MR) is 58.8 cm³/mol. The van der Waals surface area contributed by atoms with Gasteiger partial charge in [0.1, 0.15) is 0 Å². The van der Waals surface area contributed by atoms with Crippen molar-refractivity contribution in [2.24, 2.45) is 0 Å². The van der Waals surface area contributed by atoms with Gasteiger partial charge in [-0.25, -0.2) is 4.79 Å². The molecule has 0 saturated heterocycles. The van der Waals surface area contributed by atoms with Crippen molar-refractivity contribution < 1.29 is 29.6 Å². The highest BCUT2D eigenvalue weighted by molar-refractivity contribution is 5.92. The third-order valence-electron chi connectivity index (χ3n) is 2.33. The molecule has 1 aromatic rings. The van der Waals surface area contributed by atoms with Gasteiger partial charge in [0, 0.05) is 5.56 Å². The van der Waals surface area contributed by atoms with E-state index in [0.717, 1.165) is 6.07 Å². The molecule has 1 aromatic carbocycles. The first kappa shape index (κ1) is 13.1. The summed E-state index contributed by atoms with van der Waals surface area (Å²) >= 11 is 0. The van der Waals surface area contributed by atoms with Gasteiger partial charge in [-0.05, 0) is 13.0 Å². The van der Waals surface area contributed by atoms with Gasteiger partial charge in [0.25, 0.3) is 0 Å². The Labute approximate surface area is 98.0 Å². The van der Waals surface area contributed by atoms with Crippen molar-refractivity contribution in [2.45, 2.75) is 13.0 Å². The number of carbonyl (C=O) groups is 1. The van der Waals surface area contributed by atoms with Gasteiger partial charge >= 0.3 is 5.97 Å². The Kier molecular flexibility index (Phi) is 3.80. The first-order valence-electron chi connectivity index (χ1n) is 4.83. The Morgan fingerprint density at radius 2 is 1.94 bits per heavy atom. The largest absolute Gasteiger partial charge is 0.502 e. The van der Waals surface area contributed by atoms with E-state index in [-0.39, 0.29) is 28.4 Å². The second-order valence-corrected chi connectivity index (χ2v) is 3.40. The van der Waals surface area contributed by atoms with Crippen molar-refractivity contribution >= 4 is 5.97 Å². The van der Waals surface area contributed by atoms with Crippen LogP contribution in [0.1, 0.15) is 28.9 Å². The van der Waals surface area contributed by atoms with Gasteiger partial charge < -0.3 is 24.8 Å². The number of phenols is 1. The lowest BCUT2D eigenvalue weighted by molar-refractivity contribution is 0.0688. The Morgan fingerprint density at radius 3 is 2.29 bits per heavy atom. The Balaban J connectivity index is 3.64. The third-order valence-corrected chi connectivity index (χ3v) is 2.33. The number of aliphatic hydroxyl groups excluding tert-OH is 1. The molecule has 94 valence electrons. The van der Waals surface area contributed by atoms with Crippen LogP contribution in [0.5, 0.6) is 17.2 Å². The summed E-state index contributed by atoms with van der Waals surface area (Å²) in [6, 6.07) is 1.14. The van der Waals surface area contributed by atoms with E-state index in [1.165, 1.54) is 21.1 Å². The molecule has 0 radical (unpaired) electrons. The van der Waals surface area contributed by atoms with Gasteiger partial charge in [0.05, 0.1) is 25.9 Å². The van der Waals surface area contributed by atoms with E-state index in [1.807, 2.05) is 0 Å². The number of aromatic hydroxyl groups is 1. The van der Waals surface area contributed by atoms with Crippen molar-refractivity contribution in [3.63, 3.8) is 0 Å². The molecule has 6 heteroatoms. The maximum Gasteiger partial charge on any atom is 0.336 e. The monoisotopic (exact) mass is 242 g/mol. The molecule has 17 heavy (non-hydrogen) atoms. The van der Waals surface area contributed by atoms with E-state index in [2.05, 4.69) is 0 Å². The van der Waals surface area contributed by atoms with Crippen molar-refractivity contribution in [1.29, 1.82) is 0 Å². The SMILES string of the molecule is COc1cc(C(=O)O)c(C(C)O)c(OC)c1O. The van der Waals surface area contributed by atoms with E-state index in [4.69, 9.17) is 14.6 Å². The van der Waals surface area contributed by atoms with Crippen LogP contribution >= 0.6 is 0 Å². The minimum absolute atomic E-state index is 0.0123. The minimum atomic E-state index is -1.24. The van der Waals surface area contributed by atoms with Crippen LogP contribution in [-0.4, -0.2) is 35.5 Å². The Morgan fingerprint density at radius 1 is 1.35 bits per heavy atom. The first-order chi connectivity index (χ1) is 7.93. The second kappa shape index (κ2) is 4.92. The molecular weight excluding hydrogens is 228 g/mol. The molecule has 1 unspecified atom stereocenters. The molecule has 0 bridgehead atoms. The zero-order chi connectivity index (χ0) is 13.2. The molecule has 0 spiro atoms. The summed E-state index contributed by atoms with van der Waals surface area (Å²) in [5.74, 6) is -1.70. The standard InChI is InChI=1S/C11H14O6/c1-5(12)8-6(11(14)15)4-7(16-2)9(13)10(8)17-3/h4-5,12-13H,1-3H3,(H,14,15). The predicted octanol–water partition coefficient (Wildman–Crippen LogP) is 1.16. The summed E-state index contributed by atoms with van der Waals surface area (Å²) < 4.78 is 9.76. The van der Waals surface area contributed by atoms with Crippen LogP contribution in [0, 0.1) is 0 Å². The highest BCUT2D eigenvalue weighted by atomic mass is 16.5. The summed E-state index contributed by atoms with van der Waals surface area (Å²) in [6.07, 6.45) is -1.09. The number of rotatable bonds is 4. The highest BCUT2D eigenvalue weighted by Crippen LogP contribution is 2.43. The van der Waals surface area contributed by atoms with E-state index in [9.17, 15) is 15.0 Å². The number of methoxy groups -OCH3 is 2. The number of hydrogen-bond acceptors (Lipinski definition) is 5. The average molecular weight is 242 g/mol. The molecule has 0 aliphatic rings. The molecule has 1 rings (SSSR count). The highest BCUT2D eigenvalue weighted by Gasteiger charge is 2.25. The first-order valence-corrected chi connectivity index (χ1v) is 4.83. The van der Waals surface area contributed by atoms with Gasteiger partial charge in [-0.2, -0.15) is 0 Å². The van der Waals surface area contributed by atoms with Crippen molar-refractivity contribution in [2.75, 3.05) is 14.2 Å². The van der Waals surface area contributed by atoms with Gasteiger partial charge in [-0.15, -0.1) is 0 Å². The van der Waals surface area contributed by atoms with Crippen LogP contribution in [0.4, 0.5) is 0 Å². The lowest BCUT2D eigenvalue weighted by Crippen LogP contribution is -2.08. The fourth-order valence-corrected chi connectivity index (χ4v) is 1.59. The van der Waals surface area contributed by atoms with Crippen LogP contribution in [0.2, 0.25) is 0 Å². The number of carboxylic acids is 1. The summed E-state index contributed by atoms with van der Waals surface area (Å²) in [5.41, 5.74) is -0.162. The van der Waals surface area contributed by atoms with E-state index >= 15 is 0 Å².